The fourth-order valence-corrected chi connectivity index (χ4v) is 1.95. The zero-order valence-electron chi connectivity index (χ0n) is 17.7. The van der Waals surface area contributed by atoms with Gasteiger partial charge in [-0.3, -0.25) is 0 Å². The van der Waals surface area contributed by atoms with E-state index in [4.69, 9.17) is 39.5 Å². The van der Waals surface area contributed by atoms with Crippen LogP contribution in [0.25, 0.3) is 20.9 Å². The van der Waals surface area contributed by atoms with Crippen molar-refractivity contribution in [3.8, 4) is 0 Å². The standard InChI is InChI=1S/C17H34N6O7/c1-17(14-24,15-29-12-10-27-8-6-25-4-2-20-22-18)16-30-13-11-28-9-7-26-5-3-21-23-19/h24H,2-16H2,1H3. The fourth-order valence-electron chi connectivity index (χ4n) is 1.95. The summed E-state index contributed by atoms with van der Waals surface area (Å²) in [6.45, 7) is 7.20. The third kappa shape index (κ3) is 19.6. The Hall–Kier alpha value is -1.66. The van der Waals surface area contributed by atoms with Crippen LogP contribution in [-0.2, 0) is 28.4 Å². The number of aliphatic hydroxyl groups is 1. The zero-order valence-corrected chi connectivity index (χ0v) is 17.7. The molecule has 0 bridgehead atoms. The molecule has 13 nitrogen and oxygen atoms in total. The summed E-state index contributed by atoms with van der Waals surface area (Å²) in [4.78, 5) is 5.26. The lowest BCUT2D eigenvalue weighted by Gasteiger charge is -2.26. The Morgan fingerprint density at radius 3 is 1.30 bits per heavy atom. The van der Waals surface area contributed by atoms with Crippen molar-refractivity contribution in [1.82, 2.24) is 0 Å². The Kier molecular flexibility index (Phi) is 20.8. The molecule has 0 spiro atoms. The van der Waals surface area contributed by atoms with Gasteiger partial charge in [0.25, 0.3) is 0 Å². The molecule has 0 heterocycles. The van der Waals surface area contributed by atoms with Gasteiger partial charge >= 0.3 is 0 Å². The second-order valence-electron chi connectivity index (χ2n) is 6.43. The molecule has 0 unspecified atom stereocenters. The molecular formula is C17H34N6O7. The number of aliphatic hydroxyl groups excluding tert-OH is 1. The van der Waals surface area contributed by atoms with Gasteiger partial charge in [-0.25, -0.2) is 0 Å². The van der Waals surface area contributed by atoms with Crippen LogP contribution in [0.15, 0.2) is 10.2 Å². The average molecular weight is 434 g/mol. The van der Waals surface area contributed by atoms with Gasteiger partial charge in [0.15, 0.2) is 0 Å². The topological polar surface area (TPSA) is 173 Å². The van der Waals surface area contributed by atoms with Crippen molar-refractivity contribution in [3.05, 3.63) is 20.9 Å². The minimum absolute atomic E-state index is 0.0627. The van der Waals surface area contributed by atoms with E-state index in [2.05, 4.69) is 20.1 Å². The van der Waals surface area contributed by atoms with Crippen molar-refractivity contribution in [1.29, 1.82) is 0 Å². The Morgan fingerprint density at radius 2 is 0.967 bits per heavy atom. The maximum Gasteiger partial charge on any atom is 0.0701 e. The second kappa shape index (κ2) is 22.0. The van der Waals surface area contributed by atoms with E-state index in [0.717, 1.165) is 0 Å². The van der Waals surface area contributed by atoms with Gasteiger partial charge in [-0.05, 0) is 11.1 Å². The van der Waals surface area contributed by atoms with Crippen molar-refractivity contribution in [3.63, 3.8) is 0 Å². The molecule has 0 aliphatic carbocycles. The zero-order chi connectivity index (χ0) is 22.2. The third-order valence-electron chi connectivity index (χ3n) is 3.57. The van der Waals surface area contributed by atoms with Gasteiger partial charge in [-0.2, -0.15) is 0 Å². The van der Waals surface area contributed by atoms with Crippen molar-refractivity contribution in [2.45, 2.75) is 6.92 Å². The van der Waals surface area contributed by atoms with Crippen LogP contribution in [0.5, 0.6) is 0 Å². The lowest BCUT2D eigenvalue weighted by atomic mass is 9.94. The first-order valence-corrected chi connectivity index (χ1v) is 9.77. The summed E-state index contributed by atoms with van der Waals surface area (Å²) < 4.78 is 32.3. The highest BCUT2D eigenvalue weighted by atomic mass is 16.6. The minimum Gasteiger partial charge on any atom is -0.396 e. The first-order valence-electron chi connectivity index (χ1n) is 9.77. The monoisotopic (exact) mass is 434 g/mol. The van der Waals surface area contributed by atoms with E-state index in [1.54, 1.807) is 0 Å². The SMILES string of the molecule is CC(CO)(COCCOCCOCCN=[N+]=[N-])COCCOCCOCCN=[N+]=[N-]. The summed E-state index contributed by atoms with van der Waals surface area (Å²) in [5, 5.41) is 16.3. The summed E-state index contributed by atoms with van der Waals surface area (Å²) in [7, 11) is 0. The van der Waals surface area contributed by atoms with Gasteiger partial charge in [-0.1, -0.05) is 17.2 Å². The maximum absolute atomic E-state index is 9.59. The van der Waals surface area contributed by atoms with Gasteiger partial charge < -0.3 is 33.5 Å². The molecule has 0 aliphatic heterocycles. The molecule has 1 N–H and O–H groups in total. The van der Waals surface area contributed by atoms with Gasteiger partial charge in [0.05, 0.1) is 85.9 Å². The van der Waals surface area contributed by atoms with Crippen molar-refractivity contribution >= 4 is 0 Å². The van der Waals surface area contributed by atoms with E-state index < -0.39 is 5.41 Å². The Bertz CT molecular complexity index is 449. The van der Waals surface area contributed by atoms with E-state index in [9.17, 15) is 5.11 Å². The largest absolute Gasteiger partial charge is 0.396 e. The molecule has 13 heteroatoms. The van der Waals surface area contributed by atoms with Gasteiger partial charge in [0.2, 0.25) is 0 Å². The summed E-state index contributed by atoms with van der Waals surface area (Å²) in [6, 6.07) is 0. The summed E-state index contributed by atoms with van der Waals surface area (Å²) in [5.74, 6) is 0. The van der Waals surface area contributed by atoms with Crippen molar-refractivity contribution in [2.24, 2.45) is 15.6 Å². The Labute approximate surface area is 176 Å². The fraction of sp³-hybridized carbons (Fsp3) is 1.00. The van der Waals surface area contributed by atoms with Crippen LogP contribution in [0, 0.1) is 5.41 Å². The van der Waals surface area contributed by atoms with Crippen LogP contribution in [0.1, 0.15) is 6.92 Å². The summed E-state index contributed by atoms with van der Waals surface area (Å²) in [5.41, 5.74) is 15.7. The molecule has 30 heavy (non-hydrogen) atoms. The molecule has 0 aromatic heterocycles. The van der Waals surface area contributed by atoms with Crippen LogP contribution in [0.4, 0.5) is 0 Å². The highest BCUT2D eigenvalue weighted by Crippen LogP contribution is 2.16. The molecule has 0 saturated heterocycles. The van der Waals surface area contributed by atoms with Crippen LogP contribution in [-0.4, -0.2) is 104 Å². The van der Waals surface area contributed by atoms with Crippen molar-refractivity contribution in [2.75, 3.05) is 99.0 Å². The third-order valence-corrected chi connectivity index (χ3v) is 3.57. The molecule has 0 rings (SSSR count). The lowest BCUT2D eigenvalue weighted by Crippen LogP contribution is -2.34. The van der Waals surface area contributed by atoms with E-state index in [1.807, 2.05) is 6.92 Å². The normalized spacial score (nSPS) is 12.7. The maximum atomic E-state index is 9.59. The molecule has 0 atom stereocenters. The molecule has 174 valence electrons. The van der Waals surface area contributed by atoms with E-state index in [-0.39, 0.29) is 6.61 Å². The minimum atomic E-state index is -0.505. The smallest absolute Gasteiger partial charge is 0.0701 e. The van der Waals surface area contributed by atoms with Gasteiger partial charge in [-0.15, -0.1) is 0 Å². The average Bonchev–Trinajstić information content (AvgIpc) is 2.76. The summed E-state index contributed by atoms with van der Waals surface area (Å²) >= 11 is 0. The molecule has 0 saturated carbocycles. The number of rotatable bonds is 23. The summed E-state index contributed by atoms with van der Waals surface area (Å²) in [6.07, 6.45) is 0. The molecule has 0 fully saturated rings. The Morgan fingerprint density at radius 1 is 0.633 bits per heavy atom. The van der Waals surface area contributed by atoms with Crippen LogP contribution < -0.4 is 0 Å². The highest BCUT2D eigenvalue weighted by Gasteiger charge is 2.24. The van der Waals surface area contributed by atoms with Gasteiger partial charge in [0.1, 0.15) is 0 Å². The molecule has 0 radical (unpaired) electrons. The van der Waals surface area contributed by atoms with Crippen LogP contribution in [0.3, 0.4) is 0 Å². The van der Waals surface area contributed by atoms with Crippen LogP contribution >= 0.6 is 0 Å². The Balaban J connectivity index is 3.51. The van der Waals surface area contributed by atoms with E-state index in [0.29, 0.717) is 92.4 Å². The number of azide groups is 2. The first kappa shape index (κ1) is 28.3. The first-order chi connectivity index (χ1) is 14.7. The van der Waals surface area contributed by atoms with Gasteiger partial charge in [0, 0.05) is 28.3 Å². The quantitative estimate of drug-likeness (QED) is 0.110. The lowest BCUT2D eigenvalue weighted by molar-refractivity contribution is -0.0634. The number of hydrogen-bond acceptors (Lipinski definition) is 9. The van der Waals surface area contributed by atoms with Crippen LogP contribution in [0.2, 0.25) is 0 Å². The second-order valence-corrected chi connectivity index (χ2v) is 6.43. The number of ether oxygens (including phenoxy) is 6. The predicted octanol–water partition coefficient (Wildman–Crippen LogP) is 1.71. The predicted molar refractivity (Wildman–Crippen MR) is 108 cm³/mol. The van der Waals surface area contributed by atoms with Crippen molar-refractivity contribution < 1.29 is 33.5 Å². The molecule has 0 aromatic rings. The molecule has 0 aromatic carbocycles. The van der Waals surface area contributed by atoms with E-state index in [1.165, 1.54) is 0 Å². The number of hydrogen-bond donors (Lipinski definition) is 1. The molecular weight excluding hydrogens is 400 g/mol. The van der Waals surface area contributed by atoms with E-state index >= 15 is 0 Å². The molecule has 0 aliphatic rings. The number of nitrogens with zero attached hydrogens (tertiary/aromatic N) is 6. The highest BCUT2D eigenvalue weighted by molar-refractivity contribution is 4.72. The molecule has 0 amide bonds.